The van der Waals surface area contributed by atoms with Gasteiger partial charge in [-0.25, -0.2) is 14.3 Å². The number of cyclic esters (lactones) is 1. The predicted molar refractivity (Wildman–Crippen MR) is 87.6 cm³/mol. The van der Waals surface area contributed by atoms with Crippen LogP contribution in [-0.2, 0) is 16.7 Å². The van der Waals surface area contributed by atoms with Gasteiger partial charge in [0.15, 0.2) is 5.69 Å². The molecule has 9 heteroatoms. The van der Waals surface area contributed by atoms with Crippen molar-refractivity contribution >= 4 is 17.7 Å². The van der Waals surface area contributed by atoms with Crippen LogP contribution in [0.1, 0.15) is 28.9 Å². The molecule has 2 fully saturated rings. The fourth-order valence-electron chi connectivity index (χ4n) is 3.07. The zero-order valence-corrected chi connectivity index (χ0v) is 13.7. The van der Waals surface area contributed by atoms with Crippen LogP contribution >= 0.6 is 0 Å². The smallest absolute Gasteiger partial charge is 0.414 e. The van der Waals surface area contributed by atoms with Gasteiger partial charge >= 0.3 is 12.1 Å². The van der Waals surface area contributed by atoms with Crippen molar-refractivity contribution in [3.63, 3.8) is 0 Å². The molecule has 132 valence electrons. The molecule has 1 aromatic heterocycles. The number of rotatable bonds is 5. The first-order valence-electron chi connectivity index (χ1n) is 8.14. The highest BCUT2D eigenvalue weighted by molar-refractivity contribution is 5.89. The number of ether oxygens (including phenoxy) is 1. The Kier molecular flexibility index (Phi) is 3.61. The highest BCUT2D eigenvalue weighted by Gasteiger charge is 2.45. The maximum Gasteiger partial charge on any atom is 0.414 e. The molecule has 1 aromatic carbocycles. The first kappa shape index (κ1) is 16.1. The van der Waals surface area contributed by atoms with Crippen LogP contribution in [0.25, 0.3) is 0 Å². The molecule has 1 amide bonds. The van der Waals surface area contributed by atoms with E-state index in [2.05, 4.69) is 16.4 Å². The Morgan fingerprint density at radius 2 is 2.12 bits per heavy atom. The number of anilines is 1. The van der Waals surface area contributed by atoms with Crippen LogP contribution in [0.15, 0.2) is 30.5 Å². The molecule has 1 atom stereocenters. The van der Waals surface area contributed by atoms with Crippen LogP contribution < -0.4 is 4.90 Å². The molecular formula is C17H15N5O4. The summed E-state index contributed by atoms with van der Waals surface area (Å²) in [5.41, 5.74) is 1.14. The molecule has 0 bridgehead atoms. The van der Waals surface area contributed by atoms with Crippen LogP contribution in [0.5, 0.6) is 0 Å². The number of hydrogen-bond donors (Lipinski definition) is 1. The number of aromatic nitrogens is 3. The fourth-order valence-corrected chi connectivity index (χ4v) is 3.07. The largest absolute Gasteiger partial charge is 0.476 e. The van der Waals surface area contributed by atoms with Crippen molar-refractivity contribution in [2.45, 2.75) is 30.9 Å². The maximum atomic E-state index is 12.2. The molecule has 9 nitrogen and oxygen atoms in total. The molecule has 1 N–H and O–H groups in total. The first-order chi connectivity index (χ1) is 12.5. The quantitative estimate of drug-likeness (QED) is 0.865. The summed E-state index contributed by atoms with van der Waals surface area (Å²) in [7, 11) is 0. The third kappa shape index (κ3) is 2.75. The number of carbonyl (C=O) groups is 2. The molecule has 1 aliphatic heterocycles. The normalized spacial score (nSPS) is 20.5. The number of amides is 1. The van der Waals surface area contributed by atoms with Crippen LogP contribution in [0.2, 0.25) is 0 Å². The third-order valence-corrected chi connectivity index (χ3v) is 4.72. The fraction of sp³-hybridized carbons (Fsp3) is 0.353. The molecular weight excluding hydrogens is 338 g/mol. The lowest BCUT2D eigenvalue weighted by Gasteiger charge is -2.14. The summed E-state index contributed by atoms with van der Waals surface area (Å²) < 4.78 is 6.68. The lowest BCUT2D eigenvalue weighted by Crippen LogP contribution is -2.26. The molecule has 0 spiro atoms. The summed E-state index contributed by atoms with van der Waals surface area (Å²) in [5, 5.41) is 25.4. The number of carbonyl (C=O) groups excluding carboxylic acids is 1. The molecule has 1 saturated carbocycles. The van der Waals surface area contributed by atoms with E-state index in [-0.39, 0.29) is 17.7 Å². The van der Waals surface area contributed by atoms with Crippen molar-refractivity contribution in [1.82, 2.24) is 15.0 Å². The minimum atomic E-state index is -1.16. The van der Waals surface area contributed by atoms with Crippen molar-refractivity contribution in [1.29, 1.82) is 5.26 Å². The van der Waals surface area contributed by atoms with Gasteiger partial charge in [0, 0.05) is 5.69 Å². The van der Waals surface area contributed by atoms with Gasteiger partial charge < -0.3 is 9.84 Å². The number of carboxylic acids is 1. The molecule has 2 aromatic rings. The van der Waals surface area contributed by atoms with E-state index in [4.69, 9.17) is 9.84 Å². The van der Waals surface area contributed by atoms with Crippen molar-refractivity contribution in [3.8, 4) is 6.07 Å². The number of nitrogens with zero attached hydrogens (tertiary/aromatic N) is 5. The average Bonchev–Trinajstić information content (AvgIpc) is 3.15. The molecule has 1 unspecified atom stereocenters. The molecule has 1 aliphatic carbocycles. The molecule has 2 aliphatic rings. The molecule has 0 radical (unpaired) electrons. The highest BCUT2D eigenvalue weighted by atomic mass is 16.6. The lowest BCUT2D eigenvalue weighted by molar-refractivity contribution is 0.0690. The van der Waals surface area contributed by atoms with E-state index in [1.54, 1.807) is 0 Å². The van der Waals surface area contributed by atoms with Crippen LogP contribution in [0, 0.1) is 11.3 Å². The summed E-state index contributed by atoms with van der Waals surface area (Å²) in [6.45, 7) is 0.544. The summed E-state index contributed by atoms with van der Waals surface area (Å²) in [4.78, 5) is 24.5. The molecule has 4 rings (SSSR count). The summed E-state index contributed by atoms with van der Waals surface area (Å²) in [6, 6.07) is 9.73. The van der Waals surface area contributed by atoms with Crippen LogP contribution in [-0.4, -0.2) is 44.8 Å². The average molecular weight is 353 g/mol. The van der Waals surface area contributed by atoms with Crippen molar-refractivity contribution in [2.75, 3.05) is 11.4 Å². The van der Waals surface area contributed by atoms with E-state index >= 15 is 0 Å². The van der Waals surface area contributed by atoms with E-state index < -0.39 is 18.2 Å². The number of hydrogen-bond acceptors (Lipinski definition) is 6. The van der Waals surface area contributed by atoms with Gasteiger partial charge in [-0.05, 0) is 30.5 Å². The minimum absolute atomic E-state index is 0.159. The minimum Gasteiger partial charge on any atom is -0.476 e. The summed E-state index contributed by atoms with van der Waals surface area (Å²) in [6.07, 6.45) is 2.10. The molecule has 1 saturated heterocycles. The second kappa shape index (κ2) is 5.84. The van der Waals surface area contributed by atoms with Gasteiger partial charge in [0.05, 0.1) is 30.8 Å². The Morgan fingerprint density at radius 1 is 1.38 bits per heavy atom. The second-order valence-electron chi connectivity index (χ2n) is 6.49. The van der Waals surface area contributed by atoms with E-state index in [1.807, 2.05) is 24.3 Å². The van der Waals surface area contributed by atoms with Gasteiger partial charge in [-0.3, -0.25) is 4.90 Å². The summed E-state index contributed by atoms with van der Waals surface area (Å²) in [5.74, 6) is -1.16. The Balaban J connectivity index is 1.44. The Hall–Kier alpha value is -3.41. The maximum absolute atomic E-state index is 12.2. The van der Waals surface area contributed by atoms with E-state index in [9.17, 15) is 14.9 Å². The van der Waals surface area contributed by atoms with E-state index in [0.717, 1.165) is 18.4 Å². The molecule has 2 heterocycles. The van der Waals surface area contributed by atoms with Gasteiger partial charge in [-0.2, -0.15) is 5.26 Å². The monoisotopic (exact) mass is 353 g/mol. The number of benzene rings is 1. The summed E-state index contributed by atoms with van der Waals surface area (Å²) >= 11 is 0. The topological polar surface area (TPSA) is 121 Å². The zero-order valence-electron chi connectivity index (χ0n) is 13.7. The van der Waals surface area contributed by atoms with Crippen LogP contribution in [0.3, 0.4) is 0 Å². The van der Waals surface area contributed by atoms with Gasteiger partial charge in [0.1, 0.15) is 6.10 Å². The van der Waals surface area contributed by atoms with Gasteiger partial charge in [-0.1, -0.05) is 17.3 Å². The molecule has 26 heavy (non-hydrogen) atoms. The van der Waals surface area contributed by atoms with Crippen molar-refractivity contribution < 1.29 is 19.4 Å². The van der Waals surface area contributed by atoms with Crippen LogP contribution in [0.4, 0.5) is 10.5 Å². The SMILES string of the molecule is N#CC1(c2ccc(N3CC(Cn4cc(C(=O)O)nn4)OC3=O)cc2)CC1. The Morgan fingerprint density at radius 3 is 2.69 bits per heavy atom. The number of nitriles is 1. The van der Waals surface area contributed by atoms with E-state index in [0.29, 0.717) is 12.2 Å². The first-order valence-corrected chi connectivity index (χ1v) is 8.14. The van der Waals surface area contributed by atoms with Crippen molar-refractivity contribution in [2.24, 2.45) is 0 Å². The predicted octanol–water partition coefficient (Wildman–Crippen LogP) is 1.56. The second-order valence-corrected chi connectivity index (χ2v) is 6.49. The van der Waals surface area contributed by atoms with Gasteiger partial charge in [-0.15, -0.1) is 5.10 Å². The highest BCUT2D eigenvalue weighted by Crippen LogP contribution is 2.47. The van der Waals surface area contributed by atoms with Crippen molar-refractivity contribution in [3.05, 3.63) is 41.7 Å². The Labute approximate surface area is 148 Å². The van der Waals surface area contributed by atoms with Gasteiger partial charge in [0.25, 0.3) is 0 Å². The van der Waals surface area contributed by atoms with E-state index in [1.165, 1.54) is 15.8 Å². The lowest BCUT2D eigenvalue weighted by atomic mass is 9.97. The number of carboxylic acid groups (broad SMARTS) is 1. The zero-order chi connectivity index (χ0) is 18.3. The standard InChI is InChI=1S/C17H15N5O4/c18-10-17(5-6-17)11-1-3-12(4-2-11)22-8-13(26-16(22)25)7-21-9-14(15(23)24)19-20-21/h1-4,9,13H,5-8H2,(H,23,24). The Bertz CT molecular complexity index is 910. The van der Waals surface area contributed by atoms with Gasteiger partial charge in [0.2, 0.25) is 0 Å². The number of aromatic carboxylic acids is 1. The third-order valence-electron chi connectivity index (χ3n) is 4.72.